The zero-order valence-electron chi connectivity index (χ0n) is 13.6. The Morgan fingerprint density at radius 2 is 1.84 bits per heavy atom. The highest BCUT2D eigenvalue weighted by atomic mass is 35.5. The van der Waals surface area contributed by atoms with E-state index in [4.69, 9.17) is 21.1 Å². The van der Waals surface area contributed by atoms with Gasteiger partial charge in [-0.3, -0.25) is 9.59 Å². The van der Waals surface area contributed by atoms with E-state index in [0.29, 0.717) is 22.2 Å². The van der Waals surface area contributed by atoms with Gasteiger partial charge >= 0.3 is 0 Å². The second-order valence-corrected chi connectivity index (χ2v) is 6.05. The highest BCUT2D eigenvalue weighted by Crippen LogP contribution is 2.31. The molecular formula is C18H17ClN2O4. The molecule has 3 rings (SSSR count). The fourth-order valence-electron chi connectivity index (χ4n) is 2.41. The maximum absolute atomic E-state index is 12.5. The van der Waals surface area contributed by atoms with Crippen LogP contribution in [0, 0.1) is 0 Å². The molecule has 6 nitrogen and oxygen atoms in total. The Balaban J connectivity index is 1.56. The molecule has 0 bridgehead atoms. The molecule has 1 heterocycles. The molecule has 7 heteroatoms. The van der Waals surface area contributed by atoms with Gasteiger partial charge in [-0.05, 0) is 36.4 Å². The number of carbonyl (C=O) groups is 2. The Labute approximate surface area is 150 Å². The first kappa shape index (κ1) is 17.1. The summed E-state index contributed by atoms with van der Waals surface area (Å²) in [4.78, 5) is 25.9. The van der Waals surface area contributed by atoms with Crippen molar-refractivity contribution in [1.82, 2.24) is 4.90 Å². The van der Waals surface area contributed by atoms with Crippen molar-refractivity contribution in [2.24, 2.45) is 0 Å². The average Bonchev–Trinajstić information content (AvgIpc) is 2.62. The van der Waals surface area contributed by atoms with Gasteiger partial charge in [-0.1, -0.05) is 23.7 Å². The number of ether oxygens (including phenoxy) is 2. The van der Waals surface area contributed by atoms with Gasteiger partial charge in [0.1, 0.15) is 6.61 Å². The smallest absolute Gasteiger partial charge is 0.267 e. The molecule has 0 spiro atoms. The maximum Gasteiger partial charge on any atom is 0.267 e. The molecule has 0 unspecified atom stereocenters. The first-order valence-electron chi connectivity index (χ1n) is 7.72. The molecule has 0 saturated carbocycles. The summed E-state index contributed by atoms with van der Waals surface area (Å²) < 4.78 is 11.2. The Morgan fingerprint density at radius 1 is 1.16 bits per heavy atom. The van der Waals surface area contributed by atoms with Crippen molar-refractivity contribution in [3.05, 3.63) is 53.6 Å². The number of hydrogen-bond donors (Lipinski definition) is 1. The Kier molecular flexibility index (Phi) is 5.09. The van der Waals surface area contributed by atoms with E-state index in [-0.39, 0.29) is 25.0 Å². The number of anilines is 1. The molecule has 0 aliphatic carbocycles. The molecule has 130 valence electrons. The highest BCUT2D eigenvalue weighted by molar-refractivity contribution is 6.30. The Hall–Kier alpha value is -2.73. The summed E-state index contributed by atoms with van der Waals surface area (Å²) >= 11 is 5.80. The predicted molar refractivity (Wildman–Crippen MR) is 94.1 cm³/mol. The molecule has 25 heavy (non-hydrogen) atoms. The van der Waals surface area contributed by atoms with E-state index >= 15 is 0 Å². The van der Waals surface area contributed by atoms with Gasteiger partial charge in [0, 0.05) is 17.8 Å². The second-order valence-electron chi connectivity index (χ2n) is 5.61. The number of nitrogens with zero attached hydrogens (tertiary/aromatic N) is 1. The fraction of sp³-hybridized carbons (Fsp3) is 0.222. The molecule has 1 atom stereocenters. The molecule has 1 N–H and O–H groups in total. The number of fused-ring (bicyclic) bond motifs is 1. The molecule has 0 fully saturated rings. The van der Waals surface area contributed by atoms with Gasteiger partial charge < -0.3 is 19.7 Å². The first-order valence-corrected chi connectivity index (χ1v) is 8.09. The van der Waals surface area contributed by atoms with E-state index < -0.39 is 6.10 Å². The second kappa shape index (κ2) is 7.44. The van der Waals surface area contributed by atoms with E-state index in [1.54, 1.807) is 49.5 Å². The molecule has 1 aliphatic rings. The Morgan fingerprint density at radius 3 is 2.56 bits per heavy atom. The summed E-state index contributed by atoms with van der Waals surface area (Å²) in [6.07, 6.45) is -0.775. The minimum Gasteiger partial charge on any atom is -0.485 e. The summed E-state index contributed by atoms with van der Waals surface area (Å²) in [7, 11) is 1.55. The van der Waals surface area contributed by atoms with Gasteiger partial charge in [-0.2, -0.15) is 0 Å². The van der Waals surface area contributed by atoms with Crippen molar-refractivity contribution in [2.75, 3.05) is 25.5 Å². The van der Waals surface area contributed by atoms with Gasteiger partial charge in [0.15, 0.2) is 11.5 Å². The van der Waals surface area contributed by atoms with Crippen molar-refractivity contribution in [3.63, 3.8) is 0 Å². The van der Waals surface area contributed by atoms with Crippen LogP contribution in [0.1, 0.15) is 0 Å². The van der Waals surface area contributed by atoms with Crippen molar-refractivity contribution in [1.29, 1.82) is 0 Å². The van der Waals surface area contributed by atoms with Gasteiger partial charge in [0.25, 0.3) is 5.91 Å². The summed E-state index contributed by atoms with van der Waals surface area (Å²) in [5.41, 5.74) is 0.612. The standard InChI is InChI=1S/C18H17ClN2O4/c1-21(10-17(22)20-13-8-6-12(19)7-9-13)18(23)16-11-24-14-4-2-3-5-15(14)25-16/h2-9,16H,10-11H2,1H3,(H,20,22)/t16-/m0/s1. The third kappa shape index (κ3) is 4.22. The van der Waals surface area contributed by atoms with Gasteiger partial charge in [0.2, 0.25) is 12.0 Å². The van der Waals surface area contributed by atoms with Crippen LogP contribution in [0.2, 0.25) is 5.02 Å². The van der Waals surface area contributed by atoms with Crippen LogP contribution in [0.3, 0.4) is 0 Å². The van der Waals surface area contributed by atoms with Crippen molar-refractivity contribution in [3.8, 4) is 11.5 Å². The molecule has 0 saturated heterocycles. The molecule has 1 aliphatic heterocycles. The van der Waals surface area contributed by atoms with Gasteiger partial charge in [-0.15, -0.1) is 0 Å². The zero-order valence-corrected chi connectivity index (χ0v) is 14.3. The number of nitrogens with one attached hydrogen (secondary N) is 1. The molecule has 2 amide bonds. The van der Waals surface area contributed by atoms with Gasteiger partial charge in [-0.25, -0.2) is 0 Å². The number of halogens is 1. The summed E-state index contributed by atoms with van der Waals surface area (Å²) in [6.45, 7) is 0.0158. The van der Waals surface area contributed by atoms with E-state index in [1.165, 1.54) is 4.90 Å². The number of amides is 2. The SMILES string of the molecule is CN(CC(=O)Nc1ccc(Cl)cc1)C(=O)[C@@H]1COc2ccccc2O1. The van der Waals surface area contributed by atoms with Crippen LogP contribution in [0.25, 0.3) is 0 Å². The molecular weight excluding hydrogens is 344 g/mol. The topological polar surface area (TPSA) is 67.9 Å². The minimum atomic E-state index is -0.775. The van der Waals surface area contributed by atoms with Crippen molar-refractivity contribution >= 4 is 29.1 Å². The maximum atomic E-state index is 12.5. The van der Waals surface area contributed by atoms with Crippen molar-refractivity contribution in [2.45, 2.75) is 6.10 Å². The summed E-state index contributed by atoms with van der Waals surface area (Å²) in [6, 6.07) is 13.9. The fourth-order valence-corrected chi connectivity index (χ4v) is 2.54. The van der Waals surface area contributed by atoms with Crippen LogP contribution in [0.15, 0.2) is 48.5 Å². The normalized spacial score (nSPS) is 15.4. The highest BCUT2D eigenvalue weighted by Gasteiger charge is 2.30. The summed E-state index contributed by atoms with van der Waals surface area (Å²) in [5, 5.41) is 3.29. The number of rotatable bonds is 4. The molecule has 0 radical (unpaired) electrons. The van der Waals surface area contributed by atoms with E-state index in [9.17, 15) is 9.59 Å². The summed E-state index contributed by atoms with van der Waals surface area (Å²) in [5.74, 6) is 0.497. The number of hydrogen-bond acceptors (Lipinski definition) is 4. The third-order valence-corrected chi connectivity index (χ3v) is 3.92. The largest absolute Gasteiger partial charge is 0.485 e. The third-order valence-electron chi connectivity index (χ3n) is 3.67. The van der Waals surface area contributed by atoms with Crippen LogP contribution < -0.4 is 14.8 Å². The average molecular weight is 361 g/mol. The quantitative estimate of drug-likeness (QED) is 0.910. The number of carbonyl (C=O) groups excluding carboxylic acids is 2. The predicted octanol–water partition coefficient (Wildman–Crippen LogP) is 2.58. The van der Waals surface area contributed by atoms with Crippen LogP contribution in [-0.2, 0) is 9.59 Å². The minimum absolute atomic E-state index is 0.0943. The number of likely N-dealkylation sites (N-methyl/N-ethyl adjacent to an activating group) is 1. The lowest BCUT2D eigenvalue weighted by molar-refractivity contribution is -0.141. The molecule has 0 aromatic heterocycles. The van der Waals surface area contributed by atoms with Crippen LogP contribution in [-0.4, -0.2) is 43.0 Å². The van der Waals surface area contributed by atoms with E-state index in [0.717, 1.165) is 0 Å². The number of para-hydroxylation sites is 2. The monoisotopic (exact) mass is 360 g/mol. The first-order chi connectivity index (χ1) is 12.0. The Bertz CT molecular complexity index is 779. The zero-order chi connectivity index (χ0) is 17.8. The van der Waals surface area contributed by atoms with Crippen LogP contribution in [0.4, 0.5) is 5.69 Å². The number of benzene rings is 2. The van der Waals surface area contributed by atoms with E-state index in [2.05, 4.69) is 5.32 Å². The van der Waals surface area contributed by atoms with Crippen molar-refractivity contribution < 1.29 is 19.1 Å². The molecule has 2 aromatic rings. The van der Waals surface area contributed by atoms with Gasteiger partial charge in [0.05, 0.1) is 6.54 Å². The van der Waals surface area contributed by atoms with Crippen LogP contribution in [0.5, 0.6) is 11.5 Å². The lowest BCUT2D eigenvalue weighted by Crippen LogP contribution is -2.47. The lowest BCUT2D eigenvalue weighted by Gasteiger charge is -2.28. The van der Waals surface area contributed by atoms with Crippen LogP contribution >= 0.6 is 11.6 Å². The van der Waals surface area contributed by atoms with E-state index in [1.807, 2.05) is 6.07 Å². The lowest BCUT2D eigenvalue weighted by atomic mass is 10.2. The molecule has 2 aromatic carbocycles.